The van der Waals surface area contributed by atoms with Crippen molar-refractivity contribution in [3.63, 3.8) is 0 Å². The summed E-state index contributed by atoms with van der Waals surface area (Å²) in [5.41, 5.74) is 8.33. The zero-order chi connectivity index (χ0) is 13.2. The normalized spacial score (nSPS) is 10.8. The Kier molecular flexibility index (Phi) is 2.96. The van der Waals surface area contributed by atoms with Crippen LogP contribution < -0.4 is 5.73 Å². The molecule has 96 valence electrons. The lowest BCUT2D eigenvalue weighted by atomic mass is 10.3. The maximum atomic E-state index is 5.67. The lowest BCUT2D eigenvalue weighted by Crippen LogP contribution is -2.04. The highest BCUT2D eigenvalue weighted by Crippen LogP contribution is 2.22. The van der Waals surface area contributed by atoms with E-state index < -0.39 is 0 Å². The Morgan fingerprint density at radius 3 is 2.95 bits per heavy atom. The summed E-state index contributed by atoms with van der Waals surface area (Å²) in [6, 6.07) is 5.78. The maximum absolute atomic E-state index is 5.67. The molecule has 0 bridgehead atoms. The number of nitrogens with zero attached hydrogens (tertiary/aromatic N) is 5. The zero-order valence-electron chi connectivity index (χ0n) is 10.3. The van der Waals surface area contributed by atoms with Gasteiger partial charge in [-0.1, -0.05) is 11.3 Å². The quantitative estimate of drug-likeness (QED) is 0.785. The van der Waals surface area contributed by atoms with Gasteiger partial charge in [-0.3, -0.25) is 4.98 Å². The molecular formula is C12H12N6S. The molecule has 6 nitrogen and oxygen atoms in total. The van der Waals surface area contributed by atoms with Crippen molar-refractivity contribution < 1.29 is 0 Å². The van der Waals surface area contributed by atoms with Crippen LogP contribution in [0, 0.1) is 6.92 Å². The van der Waals surface area contributed by atoms with Crippen LogP contribution in [0.15, 0.2) is 29.8 Å². The third-order valence-corrected chi connectivity index (χ3v) is 3.68. The van der Waals surface area contributed by atoms with Crippen molar-refractivity contribution in [1.29, 1.82) is 0 Å². The van der Waals surface area contributed by atoms with Crippen molar-refractivity contribution in [2.24, 2.45) is 0 Å². The summed E-state index contributed by atoms with van der Waals surface area (Å²) in [7, 11) is 0. The van der Waals surface area contributed by atoms with Gasteiger partial charge in [0.1, 0.15) is 5.01 Å². The van der Waals surface area contributed by atoms with Crippen molar-refractivity contribution >= 4 is 17.2 Å². The highest BCUT2D eigenvalue weighted by Gasteiger charge is 2.09. The first-order chi connectivity index (χ1) is 9.24. The summed E-state index contributed by atoms with van der Waals surface area (Å²) < 4.78 is 1.74. The van der Waals surface area contributed by atoms with E-state index in [1.165, 1.54) is 0 Å². The monoisotopic (exact) mass is 272 g/mol. The molecule has 0 saturated heterocycles. The van der Waals surface area contributed by atoms with Crippen LogP contribution in [0.4, 0.5) is 5.82 Å². The van der Waals surface area contributed by atoms with E-state index in [0.29, 0.717) is 12.4 Å². The van der Waals surface area contributed by atoms with Gasteiger partial charge in [0.15, 0.2) is 5.82 Å². The van der Waals surface area contributed by atoms with Crippen molar-refractivity contribution in [2.45, 2.75) is 13.5 Å². The van der Waals surface area contributed by atoms with Gasteiger partial charge in [-0.15, -0.1) is 16.4 Å². The number of pyridine rings is 1. The molecule has 3 aromatic rings. The molecule has 0 aliphatic rings. The van der Waals surface area contributed by atoms with Gasteiger partial charge in [-0.2, -0.15) is 0 Å². The van der Waals surface area contributed by atoms with E-state index >= 15 is 0 Å². The molecule has 3 aromatic heterocycles. The smallest absolute Gasteiger partial charge is 0.168 e. The molecule has 0 aliphatic heterocycles. The van der Waals surface area contributed by atoms with Gasteiger partial charge in [0.2, 0.25) is 0 Å². The Balaban J connectivity index is 1.84. The second kappa shape index (κ2) is 4.77. The fraction of sp³-hybridized carbons (Fsp3) is 0.167. The molecule has 0 aromatic carbocycles. The predicted octanol–water partition coefficient (Wildman–Crippen LogP) is 1.74. The molecule has 3 heterocycles. The van der Waals surface area contributed by atoms with Gasteiger partial charge in [0, 0.05) is 11.6 Å². The fourth-order valence-electron chi connectivity index (χ4n) is 1.66. The molecule has 0 unspecified atom stereocenters. The summed E-state index contributed by atoms with van der Waals surface area (Å²) in [6.07, 6.45) is 1.76. The average molecular weight is 272 g/mol. The van der Waals surface area contributed by atoms with Crippen LogP contribution >= 0.6 is 11.3 Å². The molecule has 19 heavy (non-hydrogen) atoms. The summed E-state index contributed by atoms with van der Waals surface area (Å²) >= 11 is 1.57. The molecule has 2 N–H and O–H groups in total. The Bertz CT molecular complexity index is 687. The van der Waals surface area contributed by atoms with Crippen molar-refractivity contribution in [2.75, 3.05) is 5.73 Å². The molecule has 0 saturated carbocycles. The van der Waals surface area contributed by atoms with Crippen LogP contribution in [0.3, 0.4) is 0 Å². The summed E-state index contributed by atoms with van der Waals surface area (Å²) in [4.78, 5) is 8.84. The van der Waals surface area contributed by atoms with Gasteiger partial charge in [0.05, 0.1) is 23.6 Å². The van der Waals surface area contributed by atoms with Crippen LogP contribution in [-0.2, 0) is 6.54 Å². The summed E-state index contributed by atoms with van der Waals surface area (Å²) in [5.74, 6) is 0.458. The van der Waals surface area contributed by atoms with Crippen LogP contribution in [0.2, 0.25) is 0 Å². The number of rotatable bonds is 3. The highest BCUT2D eigenvalue weighted by molar-refractivity contribution is 7.13. The van der Waals surface area contributed by atoms with E-state index in [-0.39, 0.29) is 0 Å². The lowest BCUT2D eigenvalue weighted by molar-refractivity contribution is 0.625. The first-order valence-electron chi connectivity index (χ1n) is 5.75. The third-order valence-electron chi connectivity index (χ3n) is 2.77. The fourth-order valence-corrected chi connectivity index (χ4v) is 2.45. The lowest BCUT2D eigenvalue weighted by Gasteiger charge is -1.99. The summed E-state index contributed by atoms with van der Waals surface area (Å²) in [5, 5.41) is 10.7. The van der Waals surface area contributed by atoms with E-state index in [9.17, 15) is 0 Å². The van der Waals surface area contributed by atoms with Gasteiger partial charge in [-0.05, 0) is 19.1 Å². The second-order valence-corrected chi connectivity index (χ2v) is 4.93. The number of hydrogen-bond donors (Lipinski definition) is 1. The van der Waals surface area contributed by atoms with Crippen LogP contribution in [-0.4, -0.2) is 25.0 Å². The number of nitrogens with two attached hydrogens (primary N) is 1. The Labute approximate surface area is 113 Å². The average Bonchev–Trinajstić information content (AvgIpc) is 3.02. The Morgan fingerprint density at radius 2 is 2.26 bits per heavy atom. The number of anilines is 1. The van der Waals surface area contributed by atoms with Crippen molar-refractivity contribution in [3.05, 3.63) is 41.2 Å². The topological polar surface area (TPSA) is 82.5 Å². The van der Waals surface area contributed by atoms with E-state index in [1.807, 2.05) is 30.5 Å². The number of thiazole rings is 1. The van der Waals surface area contributed by atoms with Gasteiger partial charge in [0.25, 0.3) is 0 Å². The molecule has 3 rings (SSSR count). The van der Waals surface area contributed by atoms with E-state index in [4.69, 9.17) is 5.73 Å². The molecular weight excluding hydrogens is 260 g/mol. The Morgan fingerprint density at radius 1 is 1.37 bits per heavy atom. The molecule has 0 radical (unpaired) electrons. The van der Waals surface area contributed by atoms with Crippen LogP contribution in [0.25, 0.3) is 10.7 Å². The van der Waals surface area contributed by atoms with Crippen molar-refractivity contribution in [1.82, 2.24) is 25.0 Å². The first kappa shape index (κ1) is 11.8. The summed E-state index contributed by atoms with van der Waals surface area (Å²) in [6.45, 7) is 2.46. The highest BCUT2D eigenvalue weighted by atomic mass is 32.1. The zero-order valence-corrected chi connectivity index (χ0v) is 11.1. The number of nitrogen functional groups attached to an aromatic ring is 1. The van der Waals surface area contributed by atoms with E-state index in [1.54, 1.807) is 22.2 Å². The first-order valence-corrected chi connectivity index (χ1v) is 6.63. The van der Waals surface area contributed by atoms with Gasteiger partial charge in [-0.25, -0.2) is 9.67 Å². The molecule has 0 aliphatic carbocycles. The largest absolute Gasteiger partial charge is 0.381 e. The molecule has 7 heteroatoms. The minimum atomic E-state index is 0.458. The van der Waals surface area contributed by atoms with Gasteiger partial charge >= 0.3 is 0 Å². The predicted molar refractivity (Wildman–Crippen MR) is 73.6 cm³/mol. The Hall–Kier alpha value is -2.28. The van der Waals surface area contributed by atoms with E-state index in [0.717, 1.165) is 22.1 Å². The van der Waals surface area contributed by atoms with E-state index in [2.05, 4.69) is 20.3 Å². The standard InChI is InChI=1S/C12H12N6S/c1-8-11(13)16-17-18(8)6-9-7-19-12(15-9)10-4-2-3-5-14-10/h2-5,7H,6,13H2,1H3. The second-order valence-electron chi connectivity index (χ2n) is 4.08. The van der Waals surface area contributed by atoms with Gasteiger partial charge < -0.3 is 5.73 Å². The maximum Gasteiger partial charge on any atom is 0.168 e. The molecule has 0 spiro atoms. The number of aromatic nitrogens is 5. The SMILES string of the molecule is Cc1c(N)nnn1Cc1csc(-c2ccccn2)n1. The minimum Gasteiger partial charge on any atom is -0.381 e. The van der Waals surface area contributed by atoms with Crippen LogP contribution in [0.5, 0.6) is 0 Å². The molecule has 0 fully saturated rings. The molecule has 0 amide bonds. The molecule has 0 atom stereocenters. The van der Waals surface area contributed by atoms with Crippen molar-refractivity contribution in [3.8, 4) is 10.7 Å². The number of hydrogen-bond acceptors (Lipinski definition) is 6. The minimum absolute atomic E-state index is 0.458. The third kappa shape index (κ3) is 2.32. The van der Waals surface area contributed by atoms with Crippen LogP contribution in [0.1, 0.15) is 11.4 Å².